The molecule has 0 amide bonds. The summed E-state index contributed by atoms with van der Waals surface area (Å²) in [6.07, 6.45) is 3.92. The molecule has 1 aromatic carbocycles. The zero-order valence-corrected chi connectivity index (χ0v) is 17.8. The Kier molecular flexibility index (Phi) is 7.85. The van der Waals surface area contributed by atoms with Crippen molar-refractivity contribution in [2.45, 2.75) is 45.7 Å². The van der Waals surface area contributed by atoms with Gasteiger partial charge in [-0.2, -0.15) is 4.98 Å². The number of halogens is 2. The summed E-state index contributed by atoms with van der Waals surface area (Å²) >= 11 is 11.9. The minimum atomic E-state index is -0.275. The minimum absolute atomic E-state index is 0.275. The summed E-state index contributed by atoms with van der Waals surface area (Å²) in [5.74, 6) is 0.327. The molecule has 0 atom stereocenters. The number of aromatic amines is 1. The minimum Gasteiger partial charge on any atom is -0.381 e. The van der Waals surface area contributed by atoms with Gasteiger partial charge in [0.05, 0.1) is 10.0 Å². The molecule has 0 saturated heterocycles. The Bertz CT molecular complexity index is 1000. The number of rotatable bonds is 11. The molecule has 2 aromatic heterocycles. The van der Waals surface area contributed by atoms with Crippen LogP contribution in [0.5, 0.6) is 0 Å². The van der Waals surface area contributed by atoms with Crippen molar-refractivity contribution >= 4 is 40.3 Å². The Morgan fingerprint density at radius 2 is 2.03 bits per heavy atom. The highest BCUT2D eigenvalue weighted by atomic mass is 35.5. The fraction of sp³-hybridized carbons (Fsp3) is 0.474. The molecule has 0 aliphatic heterocycles. The van der Waals surface area contributed by atoms with Crippen LogP contribution in [0.3, 0.4) is 0 Å². The summed E-state index contributed by atoms with van der Waals surface area (Å²) in [6.45, 7) is 4.71. The van der Waals surface area contributed by atoms with E-state index in [0.29, 0.717) is 40.2 Å². The van der Waals surface area contributed by atoms with Gasteiger partial charge in [0.25, 0.3) is 5.56 Å². The van der Waals surface area contributed by atoms with E-state index in [1.54, 1.807) is 16.8 Å². The highest BCUT2D eigenvalue weighted by molar-refractivity contribution is 6.42. The molecular weight excluding hydrogens is 415 g/mol. The number of hydrogen-bond donors (Lipinski definition) is 2. The number of aromatic nitrogens is 5. The average molecular weight is 439 g/mol. The lowest BCUT2D eigenvalue weighted by molar-refractivity contribution is 0.130. The number of ether oxygens (including phenoxy) is 1. The number of nitrogens with one attached hydrogen (secondary N) is 2. The van der Waals surface area contributed by atoms with Crippen LogP contribution < -0.4 is 10.9 Å². The van der Waals surface area contributed by atoms with Gasteiger partial charge in [0.1, 0.15) is 0 Å². The largest absolute Gasteiger partial charge is 0.381 e. The maximum atomic E-state index is 12.5. The second kappa shape index (κ2) is 10.6. The maximum absolute atomic E-state index is 12.5. The van der Waals surface area contributed by atoms with E-state index in [1.165, 1.54) is 0 Å². The molecule has 3 aromatic rings. The van der Waals surface area contributed by atoms with Crippen molar-refractivity contribution in [1.29, 1.82) is 0 Å². The highest BCUT2D eigenvalue weighted by Crippen LogP contribution is 2.22. The Morgan fingerprint density at radius 1 is 1.17 bits per heavy atom. The summed E-state index contributed by atoms with van der Waals surface area (Å²) < 4.78 is 7.08. The van der Waals surface area contributed by atoms with Gasteiger partial charge in [-0.25, -0.2) is 4.68 Å². The lowest BCUT2D eigenvalue weighted by atomic mass is 10.2. The second-order valence-electron chi connectivity index (χ2n) is 6.67. The zero-order chi connectivity index (χ0) is 20.6. The molecule has 3 rings (SSSR count). The first kappa shape index (κ1) is 21.5. The number of H-pyrrole nitrogens is 1. The first-order valence-electron chi connectivity index (χ1n) is 9.67. The van der Waals surface area contributed by atoms with Crippen LogP contribution in [0.2, 0.25) is 10.0 Å². The van der Waals surface area contributed by atoms with Crippen molar-refractivity contribution < 1.29 is 4.74 Å². The second-order valence-corrected chi connectivity index (χ2v) is 7.49. The van der Waals surface area contributed by atoms with Crippen LogP contribution in [0, 0.1) is 0 Å². The Labute approximate surface area is 178 Å². The van der Waals surface area contributed by atoms with Crippen molar-refractivity contribution in [2.75, 3.05) is 18.5 Å². The third-order valence-electron chi connectivity index (χ3n) is 4.33. The third kappa shape index (κ3) is 5.91. The monoisotopic (exact) mass is 438 g/mol. The highest BCUT2D eigenvalue weighted by Gasteiger charge is 2.12. The number of nitrogens with zero attached hydrogens (tertiary/aromatic N) is 4. The molecule has 8 nitrogen and oxygen atoms in total. The van der Waals surface area contributed by atoms with E-state index in [4.69, 9.17) is 27.9 Å². The molecule has 0 fully saturated rings. The molecule has 0 radical (unpaired) electrons. The lowest BCUT2D eigenvalue weighted by Gasteiger charge is -2.07. The number of fused-ring (bicyclic) bond motifs is 1. The molecule has 2 heterocycles. The Balaban J connectivity index is 1.58. The topological polar surface area (TPSA) is 97.7 Å². The van der Waals surface area contributed by atoms with Crippen molar-refractivity contribution in [3.05, 3.63) is 44.2 Å². The molecule has 0 unspecified atom stereocenters. The molecule has 10 heteroatoms. The molecule has 29 heavy (non-hydrogen) atoms. The molecule has 0 aliphatic rings. The quantitative estimate of drug-likeness (QED) is 0.438. The van der Waals surface area contributed by atoms with Crippen LogP contribution in [0.25, 0.3) is 11.2 Å². The fourth-order valence-electron chi connectivity index (χ4n) is 2.86. The van der Waals surface area contributed by atoms with Crippen LogP contribution in [-0.2, 0) is 17.8 Å². The lowest BCUT2D eigenvalue weighted by Crippen LogP contribution is -2.16. The van der Waals surface area contributed by atoms with Gasteiger partial charge in [0, 0.05) is 26.3 Å². The number of aryl methyl sites for hydroxylation is 1. The normalized spacial score (nSPS) is 11.3. The SMILES string of the molecule is CCCOCCCCCn1nnc2nc(NCc3ccc(Cl)c(Cl)c3)[nH]c(=O)c21. The number of hydrogen-bond acceptors (Lipinski definition) is 6. The first-order chi connectivity index (χ1) is 14.1. The van der Waals surface area contributed by atoms with Crippen LogP contribution >= 0.6 is 23.2 Å². The van der Waals surface area contributed by atoms with E-state index in [-0.39, 0.29) is 5.56 Å². The number of unbranched alkanes of at least 4 members (excludes halogenated alkanes) is 2. The van der Waals surface area contributed by atoms with Crippen LogP contribution in [0.4, 0.5) is 5.95 Å². The van der Waals surface area contributed by atoms with Crippen LogP contribution in [-0.4, -0.2) is 38.2 Å². The van der Waals surface area contributed by atoms with E-state index in [2.05, 4.69) is 32.5 Å². The van der Waals surface area contributed by atoms with Gasteiger partial charge < -0.3 is 10.1 Å². The summed E-state index contributed by atoms with van der Waals surface area (Å²) in [4.78, 5) is 19.6. The molecule has 156 valence electrons. The standard InChI is InChI=1S/C19H24Cl2N6O2/c1-2-9-29-10-5-3-4-8-27-16-17(25-26-27)23-19(24-18(16)28)22-12-13-6-7-14(20)15(21)11-13/h6-7,11H,2-5,8-10,12H2,1H3,(H2,22,23,24,28). The third-order valence-corrected chi connectivity index (χ3v) is 5.07. The Hall–Kier alpha value is -2.16. The molecule has 0 aliphatic carbocycles. The molecule has 0 spiro atoms. The van der Waals surface area contributed by atoms with Crippen molar-refractivity contribution in [1.82, 2.24) is 25.0 Å². The summed E-state index contributed by atoms with van der Waals surface area (Å²) in [5.41, 5.74) is 1.33. The van der Waals surface area contributed by atoms with Gasteiger partial charge in [0.15, 0.2) is 5.52 Å². The Morgan fingerprint density at radius 3 is 2.83 bits per heavy atom. The summed E-state index contributed by atoms with van der Waals surface area (Å²) in [5, 5.41) is 12.2. The van der Waals surface area contributed by atoms with E-state index >= 15 is 0 Å². The first-order valence-corrected chi connectivity index (χ1v) is 10.4. The number of benzene rings is 1. The van der Waals surface area contributed by atoms with E-state index in [1.807, 2.05) is 6.07 Å². The zero-order valence-electron chi connectivity index (χ0n) is 16.3. The van der Waals surface area contributed by atoms with E-state index in [9.17, 15) is 4.79 Å². The molecule has 0 saturated carbocycles. The molecule has 0 bridgehead atoms. The van der Waals surface area contributed by atoms with Gasteiger partial charge in [0.2, 0.25) is 11.6 Å². The molecule has 2 N–H and O–H groups in total. The summed E-state index contributed by atoms with van der Waals surface area (Å²) in [6, 6.07) is 5.33. The van der Waals surface area contributed by atoms with Gasteiger partial charge in [-0.1, -0.05) is 41.4 Å². The summed E-state index contributed by atoms with van der Waals surface area (Å²) in [7, 11) is 0. The smallest absolute Gasteiger partial charge is 0.280 e. The van der Waals surface area contributed by atoms with Crippen molar-refractivity contribution in [3.63, 3.8) is 0 Å². The van der Waals surface area contributed by atoms with Crippen LogP contribution in [0.1, 0.15) is 38.2 Å². The van der Waals surface area contributed by atoms with Crippen molar-refractivity contribution in [3.8, 4) is 0 Å². The van der Waals surface area contributed by atoms with Gasteiger partial charge in [-0.3, -0.25) is 9.78 Å². The fourth-order valence-corrected chi connectivity index (χ4v) is 3.18. The van der Waals surface area contributed by atoms with E-state index < -0.39 is 0 Å². The van der Waals surface area contributed by atoms with Crippen LogP contribution in [0.15, 0.2) is 23.0 Å². The van der Waals surface area contributed by atoms with Crippen molar-refractivity contribution in [2.24, 2.45) is 0 Å². The predicted molar refractivity (Wildman–Crippen MR) is 115 cm³/mol. The van der Waals surface area contributed by atoms with E-state index in [0.717, 1.165) is 44.5 Å². The van der Waals surface area contributed by atoms with Gasteiger partial charge >= 0.3 is 0 Å². The maximum Gasteiger partial charge on any atom is 0.280 e. The van der Waals surface area contributed by atoms with Gasteiger partial charge in [-0.15, -0.1) is 5.10 Å². The molecular formula is C19H24Cl2N6O2. The van der Waals surface area contributed by atoms with Gasteiger partial charge in [-0.05, 0) is 43.4 Å². The average Bonchev–Trinajstić information content (AvgIpc) is 3.12. The predicted octanol–water partition coefficient (Wildman–Crippen LogP) is 4.03. The number of anilines is 1.